The summed E-state index contributed by atoms with van der Waals surface area (Å²) in [5.41, 5.74) is 3.91. The Morgan fingerprint density at radius 2 is 2.06 bits per heavy atom. The maximum absolute atomic E-state index is 11.6. The molecule has 1 aromatic carbocycles. The largest absolute Gasteiger partial charge is 0.449 e. The van der Waals surface area contributed by atoms with Gasteiger partial charge in [0.25, 0.3) is 0 Å². The van der Waals surface area contributed by atoms with E-state index in [2.05, 4.69) is 4.98 Å². The van der Waals surface area contributed by atoms with E-state index in [-0.39, 0.29) is 6.09 Å². The normalized spacial score (nSPS) is 10.7. The topological polar surface area (TPSA) is 44.1 Å². The average molecular weight is 218 g/mol. The van der Waals surface area contributed by atoms with E-state index in [1.807, 2.05) is 26.0 Å². The molecule has 1 heterocycles. The number of aryl methyl sites for hydroxylation is 2. The predicted octanol–water partition coefficient (Wildman–Crippen LogP) is 2.66. The van der Waals surface area contributed by atoms with E-state index in [1.54, 1.807) is 6.92 Å². The van der Waals surface area contributed by atoms with Gasteiger partial charge in [0.15, 0.2) is 0 Å². The van der Waals surface area contributed by atoms with Crippen LogP contribution in [0.5, 0.6) is 0 Å². The molecular weight excluding hydrogens is 204 g/mol. The summed E-state index contributed by atoms with van der Waals surface area (Å²) < 4.78 is 6.38. The van der Waals surface area contributed by atoms with Crippen molar-refractivity contribution in [1.29, 1.82) is 0 Å². The van der Waals surface area contributed by atoms with Crippen molar-refractivity contribution in [3.8, 4) is 0 Å². The molecule has 0 saturated carbocycles. The summed E-state index contributed by atoms with van der Waals surface area (Å²) in [5, 5.41) is 0. The van der Waals surface area contributed by atoms with E-state index < -0.39 is 0 Å². The number of hydrogen-bond donors (Lipinski definition) is 0. The van der Waals surface area contributed by atoms with Crippen LogP contribution < -0.4 is 0 Å². The highest BCUT2D eigenvalue weighted by Gasteiger charge is 2.11. The van der Waals surface area contributed by atoms with Gasteiger partial charge in [0, 0.05) is 0 Å². The molecular formula is C12H14N2O2. The van der Waals surface area contributed by atoms with Crippen LogP contribution in [0, 0.1) is 13.8 Å². The molecule has 16 heavy (non-hydrogen) atoms. The Bertz CT molecular complexity index is 543. The first-order valence-electron chi connectivity index (χ1n) is 5.25. The summed E-state index contributed by atoms with van der Waals surface area (Å²) in [7, 11) is 0. The fourth-order valence-corrected chi connectivity index (χ4v) is 1.60. The maximum atomic E-state index is 11.6. The summed E-state index contributed by atoms with van der Waals surface area (Å²) in [6, 6.07) is 3.93. The van der Waals surface area contributed by atoms with E-state index in [4.69, 9.17) is 4.74 Å². The van der Waals surface area contributed by atoms with E-state index in [1.165, 1.54) is 16.5 Å². The van der Waals surface area contributed by atoms with Crippen LogP contribution in [0.15, 0.2) is 18.5 Å². The molecule has 0 aliphatic carbocycles. The zero-order chi connectivity index (χ0) is 11.7. The van der Waals surface area contributed by atoms with Crippen molar-refractivity contribution in [2.75, 3.05) is 6.61 Å². The number of carbonyl (C=O) groups is 1. The van der Waals surface area contributed by atoms with Crippen LogP contribution in [0.1, 0.15) is 18.1 Å². The van der Waals surface area contributed by atoms with Gasteiger partial charge in [-0.3, -0.25) is 0 Å². The third kappa shape index (κ3) is 1.66. The lowest BCUT2D eigenvalue weighted by Crippen LogP contribution is -2.12. The molecule has 0 amide bonds. The monoisotopic (exact) mass is 218 g/mol. The van der Waals surface area contributed by atoms with Crippen molar-refractivity contribution in [2.45, 2.75) is 20.8 Å². The van der Waals surface area contributed by atoms with E-state index in [0.29, 0.717) is 6.61 Å². The Balaban J connectivity index is 2.56. The number of imidazole rings is 1. The number of aromatic nitrogens is 2. The smallest absolute Gasteiger partial charge is 0.419 e. The molecule has 0 spiro atoms. The second-order valence-corrected chi connectivity index (χ2v) is 3.74. The highest BCUT2D eigenvalue weighted by Crippen LogP contribution is 2.18. The van der Waals surface area contributed by atoms with Crippen molar-refractivity contribution < 1.29 is 9.53 Å². The summed E-state index contributed by atoms with van der Waals surface area (Å²) in [6.07, 6.45) is 1.12. The molecule has 4 heteroatoms. The summed E-state index contributed by atoms with van der Waals surface area (Å²) in [5.74, 6) is 0. The van der Waals surface area contributed by atoms with Crippen molar-refractivity contribution in [1.82, 2.24) is 9.55 Å². The van der Waals surface area contributed by atoms with E-state index in [0.717, 1.165) is 16.6 Å². The van der Waals surface area contributed by atoms with Gasteiger partial charge in [0.2, 0.25) is 0 Å². The highest BCUT2D eigenvalue weighted by atomic mass is 16.5. The first kappa shape index (κ1) is 10.7. The molecule has 4 nitrogen and oxygen atoms in total. The molecule has 0 fully saturated rings. The van der Waals surface area contributed by atoms with E-state index >= 15 is 0 Å². The Morgan fingerprint density at radius 3 is 2.75 bits per heavy atom. The fourth-order valence-electron chi connectivity index (χ4n) is 1.60. The van der Waals surface area contributed by atoms with Gasteiger partial charge in [0.1, 0.15) is 6.33 Å². The highest BCUT2D eigenvalue weighted by molar-refractivity contribution is 5.87. The number of hydrogen-bond acceptors (Lipinski definition) is 3. The van der Waals surface area contributed by atoms with Crippen LogP contribution in [0.3, 0.4) is 0 Å². The second kappa shape index (κ2) is 3.96. The molecule has 2 rings (SSSR count). The standard InChI is InChI=1S/C12H14N2O2/c1-4-16-12(15)14-7-13-10-5-8(2)9(3)6-11(10)14/h5-7H,4H2,1-3H3. The molecule has 1 aromatic heterocycles. The van der Waals surface area contributed by atoms with Crippen molar-refractivity contribution in [3.63, 3.8) is 0 Å². The van der Waals surface area contributed by atoms with Gasteiger partial charge in [-0.25, -0.2) is 14.3 Å². The molecule has 0 aliphatic heterocycles. The zero-order valence-corrected chi connectivity index (χ0v) is 9.65. The maximum Gasteiger partial charge on any atom is 0.419 e. The van der Waals surface area contributed by atoms with Crippen LogP contribution in [0.4, 0.5) is 4.79 Å². The number of benzene rings is 1. The third-order valence-corrected chi connectivity index (χ3v) is 2.63. The minimum Gasteiger partial charge on any atom is -0.449 e. The predicted molar refractivity (Wildman–Crippen MR) is 61.6 cm³/mol. The van der Waals surface area contributed by atoms with Crippen LogP contribution in [0.25, 0.3) is 11.0 Å². The Labute approximate surface area is 93.9 Å². The van der Waals surface area contributed by atoms with Crippen LogP contribution in [-0.2, 0) is 4.74 Å². The number of ether oxygens (including phenoxy) is 1. The molecule has 0 atom stereocenters. The van der Waals surface area contributed by atoms with Crippen LogP contribution in [0.2, 0.25) is 0 Å². The van der Waals surface area contributed by atoms with Gasteiger partial charge in [0.05, 0.1) is 17.6 Å². The molecule has 2 aromatic rings. The van der Waals surface area contributed by atoms with Gasteiger partial charge in [-0.15, -0.1) is 0 Å². The fraction of sp³-hybridized carbons (Fsp3) is 0.333. The molecule has 0 aliphatic rings. The number of rotatable bonds is 1. The van der Waals surface area contributed by atoms with Crippen LogP contribution in [-0.4, -0.2) is 22.3 Å². The first-order valence-corrected chi connectivity index (χ1v) is 5.25. The lowest BCUT2D eigenvalue weighted by atomic mass is 10.1. The summed E-state index contributed by atoms with van der Waals surface area (Å²) in [6.45, 7) is 6.19. The van der Waals surface area contributed by atoms with Crippen molar-refractivity contribution in [3.05, 3.63) is 29.6 Å². The van der Waals surface area contributed by atoms with Gasteiger partial charge in [-0.1, -0.05) is 0 Å². The van der Waals surface area contributed by atoms with E-state index in [9.17, 15) is 4.79 Å². The van der Waals surface area contributed by atoms with Crippen molar-refractivity contribution >= 4 is 17.1 Å². The SMILES string of the molecule is CCOC(=O)n1cnc2cc(C)c(C)cc21. The van der Waals surface area contributed by atoms with Gasteiger partial charge in [-0.05, 0) is 44.0 Å². The average Bonchev–Trinajstić information content (AvgIpc) is 2.62. The molecule has 84 valence electrons. The molecule has 0 saturated heterocycles. The Kier molecular flexibility index (Phi) is 2.64. The Hall–Kier alpha value is -1.84. The van der Waals surface area contributed by atoms with Gasteiger partial charge in [-0.2, -0.15) is 0 Å². The minimum atomic E-state index is -0.381. The lowest BCUT2D eigenvalue weighted by molar-refractivity contribution is 0.155. The number of fused-ring (bicyclic) bond motifs is 1. The number of carbonyl (C=O) groups excluding carboxylic acids is 1. The third-order valence-electron chi connectivity index (χ3n) is 2.63. The lowest BCUT2D eigenvalue weighted by Gasteiger charge is -2.04. The van der Waals surface area contributed by atoms with Crippen molar-refractivity contribution in [2.24, 2.45) is 0 Å². The van der Waals surface area contributed by atoms with Crippen LogP contribution >= 0.6 is 0 Å². The molecule has 0 bridgehead atoms. The Morgan fingerprint density at radius 1 is 1.38 bits per heavy atom. The molecule has 0 N–H and O–H groups in total. The van der Waals surface area contributed by atoms with Gasteiger partial charge >= 0.3 is 6.09 Å². The molecule has 0 unspecified atom stereocenters. The quantitative estimate of drug-likeness (QED) is 0.739. The second-order valence-electron chi connectivity index (χ2n) is 3.74. The molecule has 0 radical (unpaired) electrons. The van der Waals surface area contributed by atoms with Gasteiger partial charge < -0.3 is 4.74 Å². The zero-order valence-electron chi connectivity index (χ0n) is 9.65. The first-order chi connectivity index (χ1) is 7.63. The minimum absolute atomic E-state index is 0.364. The number of nitrogens with zero attached hydrogens (tertiary/aromatic N) is 2. The summed E-state index contributed by atoms with van der Waals surface area (Å²) in [4.78, 5) is 15.8. The summed E-state index contributed by atoms with van der Waals surface area (Å²) >= 11 is 0.